The smallest absolute Gasteiger partial charge is 0.325 e. The van der Waals surface area contributed by atoms with Gasteiger partial charge in [-0.05, 0) is 25.1 Å². The van der Waals surface area contributed by atoms with E-state index in [1.54, 1.807) is 6.92 Å². The third-order valence-electron chi connectivity index (χ3n) is 1.66. The number of ether oxygens (including phenoxy) is 1. The number of esters is 1. The molecule has 0 saturated heterocycles. The van der Waals surface area contributed by atoms with Gasteiger partial charge in [0, 0.05) is 0 Å². The molecule has 0 unspecified atom stereocenters. The van der Waals surface area contributed by atoms with Crippen molar-refractivity contribution in [3.05, 3.63) is 29.0 Å². The maximum absolute atomic E-state index is 12.8. The fourth-order valence-corrected chi connectivity index (χ4v) is 1.20. The number of rotatable bonds is 4. The van der Waals surface area contributed by atoms with Gasteiger partial charge in [-0.15, -0.1) is 0 Å². The number of benzene rings is 1. The second-order valence-electron chi connectivity index (χ2n) is 2.78. The molecular weight excluding hydrogens is 221 g/mol. The van der Waals surface area contributed by atoms with E-state index in [0.717, 1.165) is 0 Å². The van der Waals surface area contributed by atoms with Gasteiger partial charge in [0.25, 0.3) is 0 Å². The van der Waals surface area contributed by atoms with Crippen LogP contribution in [0.5, 0.6) is 0 Å². The molecule has 0 radical (unpaired) electrons. The summed E-state index contributed by atoms with van der Waals surface area (Å²) in [4.78, 5) is 11.0. The van der Waals surface area contributed by atoms with Gasteiger partial charge in [-0.1, -0.05) is 11.6 Å². The van der Waals surface area contributed by atoms with Crippen LogP contribution in [0.4, 0.5) is 10.1 Å². The molecule has 0 atom stereocenters. The average Bonchev–Trinajstić information content (AvgIpc) is 2.20. The second kappa shape index (κ2) is 5.56. The first-order valence-corrected chi connectivity index (χ1v) is 4.86. The summed E-state index contributed by atoms with van der Waals surface area (Å²) in [6.07, 6.45) is 0. The van der Waals surface area contributed by atoms with Crippen LogP contribution in [-0.4, -0.2) is 19.1 Å². The standard InChI is InChI=1S/C10H11ClFNO2/c1-2-15-10(14)6-13-9-5-7(12)3-4-8(9)11/h3-5,13H,2,6H2,1H3. The van der Waals surface area contributed by atoms with Crippen LogP contribution in [0.25, 0.3) is 0 Å². The largest absolute Gasteiger partial charge is 0.465 e. The van der Waals surface area contributed by atoms with E-state index in [4.69, 9.17) is 16.3 Å². The topological polar surface area (TPSA) is 38.3 Å². The number of anilines is 1. The highest BCUT2D eigenvalue weighted by atomic mass is 35.5. The van der Waals surface area contributed by atoms with Gasteiger partial charge >= 0.3 is 5.97 Å². The molecule has 0 aromatic heterocycles. The van der Waals surface area contributed by atoms with Gasteiger partial charge in [0.2, 0.25) is 0 Å². The molecule has 0 amide bonds. The lowest BCUT2D eigenvalue weighted by Crippen LogP contribution is -2.16. The van der Waals surface area contributed by atoms with E-state index >= 15 is 0 Å². The average molecular weight is 232 g/mol. The number of hydrogen-bond donors (Lipinski definition) is 1. The van der Waals surface area contributed by atoms with Crippen molar-refractivity contribution in [3.63, 3.8) is 0 Å². The first-order valence-electron chi connectivity index (χ1n) is 4.48. The lowest BCUT2D eigenvalue weighted by atomic mass is 10.3. The monoisotopic (exact) mass is 231 g/mol. The van der Waals surface area contributed by atoms with E-state index in [1.165, 1.54) is 18.2 Å². The molecule has 1 N–H and O–H groups in total. The molecule has 3 nitrogen and oxygen atoms in total. The molecular formula is C10H11ClFNO2. The molecule has 0 spiro atoms. The number of nitrogens with one attached hydrogen (secondary N) is 1. The third-order valence-corrected chi connectivity index (χ3v) is 1.99. The van der Waals surface area contributed by atoms with Gasteiger partial charge in [-0.25, -0.2) is 4.39 Å². The van der Waals surface area contributed by atoms with Crippen molar-refractivity contribution in [1.29, 1.82) is 0 Å². The Morgan fingerprint density at radius 1 is 1.60 bits per heavy atom. The van der Waals surface area contributed by atoms with Crippen molar-refractivity contribution in [1.82, 2.24) is 0 Å². The van der Waals surface area contributed by atoms with E-state index in [2.05, 4.69) is 5.32 Å². The van der Waals surface area contributed by atoms with Gasteiger partial charge in [-0.2, -0.15) is 0 Å². The second-order valence-corrected chi connectivity index (χ2v) is 3.19. The zero-order chi connectivity index (χ0) is 11.3. The Balaban J connectivity index is 2.57. The molecule has 0 saturated carbocycles. The molecule has 0 aliphatic carbocycles. The van der Waals surface area contributed by atoms with E-state index < -0.39 is 11.8 Å². The Hall–Kier alpha value is -1.29. The van der Waals surface area contributed by atoms with Gasteiger partial charge in [0.15, 0.2) is 0 Å². The minimum Gasteiger partial charge on any atom is -0.465 e. The van der Waals surface area contributed by atoms with Crippen molar-refractivity contribution in [3.8, 4) is 0 Å². The maximum atomic E-state index is 12.8. The zero-order valence-corrected chi connectivity index (χ0v) is 8.97. The molecule has 82 valence electrons. The van der Waals surface area contributed by atoms with Crippen LogP contribution in [0, 0.1) is 5.82 Å². The summed E-state index contributed by atoms with van der Waals surface area (Å²) in [6, 6.07) is 3.89. The summed E-state index contributed by atoms with van der Waals surface area (Å²) in [5, 5.41) is 3.05. The molecule has 1 aromatic rings. The Labute approximate surface area is 92.2 Å². The fourth-order valence-electron chi connectivity index (χ4n) is 1.01. The van der Waals surface area contributed by atoms with Gasteiger partial charge in [-0.3, -0.25) is 4.79 Å². The third kappa shape index (κ3) is 3.75. The van der Waals surface area contributed by atoms with Crippen LogP contribution in [0.2, 0.25) is 5.02 Å². The summed E-state index contributed by atoms with van der Waals surface area (Å²) in [5.74, 6) is -0.816. The minimum atomic E-state index is -0.411. The highest BCUT2D eigenvalue weighted by molar-refractivity contribution is 6.33. The van der Waals surface area contributed by atoms with Crippen LogP contribution in [0.3, 0.4) is 0 Å². The van der Waals surface area contributed by atoms with E-state index in [9.17, 15) is 9.18 Å². The first-order chi connectivity index (χ1) is 7.13. The Bertz CT molecular complexity index is 357. The van der Waals surface area contributed by atoms with Crippen LogP contribution < -0.4 is 5.32 Å². The van der Waals surface area contributed by atoms with Gasteiger partial charge in [0.1, 0.15) is 12.4 Å². The van der Waals surface area contributed by atoms with Crippen molar-refractivity contribution >= 4 is 23.3 Å². The van der Waals surface area contributed by atoms with Crippen molar-refractivity contribution in [2.24, 2.45) is 0 Å². The summed E-state index contributed by atoms with van der Waals surface area (Å²) >= 11 is 5.78. The number of halogens is 2. The lowest BCUT2D eigenvalue weighted by molar-refractivity contribution is -0.140. The zero-order valence-electron chi connectivity index (χ0n) is 8.22. The van der Waals surface area contributed by atoms with Crippen LogP contribution >= 0.6 is 11.6 Å². The first kappa shape index (κ1) is 11.8. The van der Waals surface area contributed by atoms with Crippen molar-refractivity contribution < 1.29 is 13.9 Å². The molecule has 0 fully saturated rings. The van der Waals surface area contributed by atoms with Gasteiger partial charge in [0.05, 0.1) is 17.3 Å². The lowest BCUT2D eigenvalue weighted by Gasteiger charge is -2.07. The predicted molar refractivity (Wildman–Crippen MR) is 56.5 cm³/mol. The maximum Gasteiger partial charge on any atom is 0.325 e. The number of carbonyl (C=O) groups excluding carboxylic acids is 1. The summed E-state index contributed by atoms with van der Waals surface area (Å²) in [7, 11) is 0. The summed E-state index contributed by atoms with van der Waals surface area (Å²) in [6.45, 7) is 2.00. The number of carbonyl (C=O) groups is 1. The highest BCUT2D eigenvalue weighted by Gasteiger charge is 2.05. The van der Waals surface area contributed by atoms with E-state index in [1.807, 2.05) is 0 Å². The highest BCUT2D eigenvalue weighted by Crippen LogP contribution is 2.21. The fraction of sp³-hybridized carbons (Fsp3) is 0.300. The quantitative estimate of drug-likeness (QED) is 0.809. The normalized spacial score (nSPS) is 9.80. The van der Waals surface area contributed by atoms with Gasteiger partial charge < -0.3 is 10.1 Å². The van der Waals surface area contributed by atoms with E-state index in [0.29, 0.717) is 17.3 Å². The SMILES string of the molecule is CCOC(=O)CNc1cc(F)ccc1Cl. The van der Waals surface area contributed by atoms with Crippen LogP contribution in [-0.2, 0) is 9.53 Å². The molecule has 5 heteroatoms. The summed E-state index contributed by atoms with van der Waals surface area (Å²) in [5.41, 5.74) is 0.379. The van der Waals surface area contributed by atoms with E-state index in [-0.39, 0.29) is 6.54 Å². The molecule has 0 heterocycles. The molecule has 0 bridgehead atoms. The van der Waals surface area contributed by atoms with Crippen LogP contribution in [0.1, 0.15) is 6.92 Å². The number of hydrogen-bond acceptors (Lipinski definition) is 3. The summed E-state index contributed by atoms with van der Waals surface area (Å²) < 4.78 is 17.5. The van der Waals surface area contributed by atoms with Crippen molar-refractivity contribution in [2.45, 2.75) is 6.92 Å². The Morgan fingerprint density at radius 3 is 3.00 bits per heavy atom. The molecule has 1 rings (SSSR count). The molecule has 0 aliphatic heterocycles. The predicted octanol–water partition coefficient (Wildman–Crippen LogP) is 2.45. The van der Waals surface area contributed by atoms with Crippen molar-refractivity contribution in [2.75, 3.05) is 18.5 Å². The molecule has 1 aromatic carbocycles. The Morgan fingerprint density at radius 2 is 2.33 bits per heavy atom. The van der Waals surface area contributed by atoms with Crippen LogP contribution in [0.15, 0.2) is 18.2 Å². The molecule has 15 heavy (non-hydrogen) atoms. The minimum absolute atomic E-state index is 0.0307. The molecule has 0 aliphatic rings. The Kier molecular flexibility index (Phi) is 4.37.